The molecule has 1 aromatic carbocycles. The highest BCUT2D eigenvalue weighted by atomic mass is 16.1. The molecule has 0 aliphatic rings. The number of carbonyl (C=O) groups excluding carboxylic acids is 1. The maximum absolute atomic E-state index is 12.3. The number of benzene rings is 1. The lowest BCUT2D eigenvalue weighted by molar-refractivity contribution is 0.0934. The molecule has 0 aliphatic heterocycles. The molecule has 6 heteroatoms. The van der Waals surface area contributed by atoms with Crippen LogP contribution in [0.25, 0.3) is 10.9 Å². The number of carbonyl (C=O) groups is 1. The van der Waals surface area contributed by atoms with Crippen molar-refractivity contribution in [2.24, 2.45) is 0 Å². The number of aromatic amines is 2. The molecular weight excluding hydrogens is 254 g/mol. The summed E-state index contributed by atoms with van der Waals surface area (Å²) in [5.41, 5.74) is 1.53. The summed E-state index contributed by atoms with van der Waals surface area (Å²) in [5.74, 6) is 0.654. The van der Waals surface area contributed by atoms with Crippen LogP contribution in [0.3, 0.4) is 0 Å². The highest BCUT2D eigenvalue weighted by Gasteiger charge is 2.16. The fraction of sp³-hybridized carbons (Fsp3) is 0.214. The van der Waals surface area contributed by atoms with Crippen molar-refractivity contribution in [3.05, 3.63) is 48.2 Å². The molecule has 1 amide bonds. The smallest absolute Gasteiger partial charge is 0.251 e. The lowest BCUT2D eigenvalue weighted by Crippen LogP contribution is -2.28. The second-order valence-corrected chi connectivity index (χ2v) is 4.58. The molecule has 0 bridgehead atoms. The van der Waals surface area contributed by atoms with Crippen LogP contribution < -0.4 is 5.32 Å². The molecular formula is C14H15N5O. The van der Waals surface area contributed by atoms with Gasteiger partial charge in [-0.25, -0.2) is 4.98 Å². The standard InChI is InChI=1S/C14H15N5O/c1-2-11(13-15-5-6-16-13)18-14(20)9-3-4-12-10(7-9)8-17-19-12/h3-8,11H,2H2,1H3,(H,15,16)(H,17,19)(H,18,20). The Kier molecular flexibility index (Phi) is 3.20. The van der Waals surface area contributed by atoms with E-state index in [0.717, 1.165) is 23.1 Å². The number of imidazole rings is 1. The Morgan fingerprint density at radius 1 is 1.45 bits per heavy atom. The van der Waals surface area contributed by atoms with Crippen LogP contribution in [0, 0.1) is 0 Å². The van der Waals surface area contributed by atoms with Crippen molar-refractivity contribution in [1.82, 2.24) is 25.5 Å². The molecule has 0 saturated heterocycles. The van der Waals surface area contributed by atoms with Gasteiger partial charge in [-0.15, -0.1) is 0 Å². The van der Waals surface area contributed by atoms with Gasteiger partial charge in [0.15, 0.2) is 0 Å². The molecule has 2 heterocycles. The molecule has 0 radical (unpaired) electrons. The van der Waals surface area contributed by atoms with Crippen molar-refractivity contribution < 1.29 is 4.79 Å². The van der Waals surface area contributed by atoms with Crippen LogP contribution in [0.5, 0.6) is 0 Å². The molecule has 102 valence electrons. The van der Waals surface area contributed by atoms with Crippen LogP contribution in [0.2, 0.25) is 0 Å². The van der Waals surface area contributed by atoms with Crippen LogP contribution in [-0.4, -0.2) is 26.1 Å². The average molecular weight is 269 g/mol. The van der Waals surface area contributed by atoms with Crippen LogP contribution in [0.15, 0.2) is 36.8 Å². The van der Waals surface area contributed by atoms with Crippen LogP contribution in [0.4, 0.5) is 0 Å². The van der Waals surface area contributed by atoms with Gasteiger partial charge in [-0.05, 0) is 24.6 Å². The Hall–Kier alpha value is -2.63. The van der Waals surface area contributed by atoms with Crippen LogP contribution in [-0.2, 0) is 0 Å². The number of amides is 1. The van der Waals surface area contributed by atoms with Gasteiger partial charge in [-0.3, -0.25) is 9.89 Å². The normalized spacial score (nSPS) is 12.4. The van der Waals surface area contributed by atoms with E-state index in [2.05, 4.69) is 25.5 Å². The minimum absolute atomic E-state index is 0.113. The van der Waals surface area contributed by atoms with Gasteiger partial charge in [0.2, 0.25) is 0 Å². The quantitative estimate of drug-likeness (QED) is 0.678. The summed E-state index contributed by atoms with van der Waals surface area (Å²) >= 11 is 0. The van der Waals surface area contributed by atoms with Gasteiger partial charge in [-0.1, -0.05) is 6.92 Å². The second kappa shape index (κ2) is 5.16. The first-order valence-corrected chi connectivity index (χ1v) is 6.51. The summed E-state index contributed by atoms with van der Waals surface area (Å²) in [4.78, 5) is 19.5. The third-order valence-corrected chi connectivity index (χ3v) is 3.27. The Labute approximate surface area is 115 Å². The fourth-order valence-electron chi connectivity index (χ4n) is 2.16. The van der Waals surface area contributed by atoms with Crippen molar-refractivity contribution >= 4 is 16.8 Å². The molecule has 0 aliphatic carbocycles. The largest absolute Gasteiger partial charge is 0.347 e. The fourth-order valence-corrected chi connectivity index (χ4v) is 2.16. The first kappa shape index (κ1) is 12.4. The molecule has 3 N–H and O–H groups in total. The van der Waals surface area contributed by atoms with E-state index in [1.54, 1.807) is 24.7 Å². The van der Waals surface area contributed by atoms with Gasteiger partial charge in [0, 0.05) is 23.3 Å². The lowest BCUT2D eigenvalue weighted by atomic mass is 10.1. The molecule has 20 heavy (non-hydrogen) atoms. The molecule has 3 aromatic rings. The Morgan fingerprint density at radius 2 is 2.35 bits per heavy atom. The summed E-state index contributed by atoms with van der Waals surface area (Å²) in [6, 6.07) is 5.34. The van der Waals surface area contributed by atoms with Crippen molar-refractivity contribution in [3.63, 3.8) is 0 Å². The molecule has 0 spiro atoms. The second-order valence-electron chi connectivity index (χ2n) is 4.58. The zero-order chi connectivity index (χ0) is 13.9. The van der Waals surface area contributed by atoms with Gasteiger partial charge >= 0.3 is 0 Å². The van der Waals surface area contributed by atoms with Gasteiger partial charge in [-0.2, -0.15) is 5.10 Å². The SMILES string of the molecule is CCC(NC(=O)c1ccc2[nH]ncc2c1)c1ncc[nH]1. The summed E-state index contributed by atoms with van der Waals surface area (Å²) in [5, 5.41) is 10.7. The zero-order valence-electron chi connectivity index (χ0n) is 11.1. The summed E-state index contributed by atoms with van der Waals surface area (Å²) in [6.07, 6.45) is 5.91. The maximum Gasteiger partial charge on any atom is 0.251 e. The van der Waals surface area contributed by atoms with E-state index in [-0.39, 0.29) is 11.9 Å². The summed E-state index contributed by atoms with van der Waals surface area (Å²) in [7, 11) is 0. The molecule has 0 fully saturated rings. The number of rotatable bonds is 4. The van der Waals surface area contributed by atoms with Crippen molar-refractivity contribution in [2.45, 2.75) is 19.4 Å². The maximum atomic E-state index is 12.3. The molecule has 6 nitrogen and oxygen atoms in total. The van der Waals surface area contributed by atoms with E-state index in [9.17, 15) is 4.79 Å². The number of nitrogens with zero attached hydrogens (tertiary/aromatic N) is 2. The van der Waals surface area contributed by atoms with Crippen molar-refractivity contribution in [3.8, 4) is 0 Å². The van der Waals surface area contributed by atoms with E-state index in [1.807, 2.05) is 19.1 Å². The molecule has 1 atom stereocenters. The minimum Gasteiger partial charge on any atom is -0.347 e. The Bertz CT molecular complexity index is 716. The number of aromatic nitrogens is 4. The number of fused-ring (bicyclic) bond motifs is 1. The predicted molar refractivity (Wildman–Crippen MR) is 75.2 cm³/mol. The molecule has 3 rings (SSSR count). The Balaban J connectivity index is 1.81. The molecule has 1 unspecified atom stereocenters. The summed E-state index contributed by atoms with van der Waals surface area (Å²) < 4.78 is 0. The van der Waals surface area contributed by atoms with Crippen LogP contribution in [0.1, 0.15) is 35.6 Å². The lowest BCUT2D eigenvalue weighted by Gasteiger charge is -2.14. The average Bonchev–Trinajstić information content (AvgIpc) is 3.14. The number of H-pyrrole nitrogens is 2. The monoisotopic (exact) mass is 269 g/mol. The van der Waals surface area contributed by atoms with Gasteiger partial charge in [0.1, 0.15) is 5.82 Å². The number of hydrogen-bond acceptors (Lipinski definition) is 3. The van der Waals surface area contributed by atoms with Gasteiger partial charge < -0.3 is 10.3 Å². The van der Waals surface area contributed by atoms with E-state index < -0.39 is 0 Å². The van der Waals surface area contributed by atoms with Gasteiger partial charge in [0.25, 0.3) is 5.91 Å². The zero-order valence-corrected chi connectivity index (χ0v) is 11.1. The minimum atomic E-state index is -0.114. The van der Waals surface area contributed by atoms with E-state index in [4.69, 9.17) is 0 Å². The van der Waals surface area contributed by atoms with E-state index in [1.165, 1.54) is 0 Å². The Morgan fingerprint density at radius 3 is 3.10 bits per heavy atom. The topological polar surface area (TPSA) is 86.5 Å². The number of hydrogen-bond donors (Lipinski definition) is 3. The first-order chi connectivity index (χ1) is 9.78. The van der Waals surface area contributed by atoms with E-state index in [0.29, 0.717) is 5.56 Å². The third-order valence-electron chi connectivity index (χ3n) is 3.27. The third kappa shape index (κ3) is 2.27. The number of nitrogens with one attached hydrogen (secondary N) is 3. The molecule has 0 saturated carbocycles. The van der Waals surface area contributed by atoms with E-state index >= 15 is 0 Å². The summed E-state index contributed by atoms with van der Waals surface area (Å²) in [6.45, 7) is 2.01. The highest BCUT2D eigenvalue weighted by Crippen LogP contribution is 2.16. The van der Waals surface area contributed by atoms with Crippen molar-refractivity contribution in [2.75, 3.05) is 0 Å². The van der Waals surface area contributed by atoms with Crippen molar-refractivity contribution in [1.29, 1.82) is 0 Å². The van der Waals surface area contributed by atoms with Crippen LogP contribution >= 0.6 is 0 Å². The molecule has 2 aromatic heterocycles. The van der Waals surface area contributed by atoms with Gasteiger partial charge in [0.05, 0.1) is 17.8 Å². The highest BCUT2D eigenvalue weighted by molar-refractivity contribution is 5.98. The first-order valence-electron chi connectivity index (χ1n) is 6.51. The predicted octanol–water partition coefficient (Wildman–Crippen LogP) is 2.17.